The molecular weight excluding hydrogens is 214 g/mol. The summed E-state index contributed by atoms with van der Waals surface area (Å²) >= 11 is 0. The number of nitrogens with one attached hydrogen (secondary N) is 1. The van der Waals surface area contributed by atoms with Gasteiger partial charge in [0.1, 0.15) is 0 Å². The molecule has 1 aromatic rings. The highest BCUT2D eigenvalue weighted by molar-refractivity contribution is 5.91. The van der Waals surface area contributed by atoms with Crippen molar-refractivity contribution < 1.29 is 9.53 Å². The number of ether oxygens (including phenoxy) is 1. The molecular formula is C14H19NO2. The van der Waals surface area contributed by atoms with E-state index in [1.54, 1.807) is 0 Å². The quantitative estimate of drug-likeness (QED) is 0.871. The van der Waals surface area contributed by atoms with Crippen LogP contribution in [0.2, 0.25) is 0 Å². The second kappa shape index (κ2) is 5.32. The van der Waals surface area contributed by atoms with Crippen LogP contribution in [0.1, 0.15) is 30.4 Å². The van der Waals surface area contributed by atoms with E-state index in [9.17, 15) is 4.79 Å². The average Bonchev–Trinajstić information content (AvgIpc) is 2.75. The second-order valence-corrected chi connectivity index (χ2v) is 4.71. The number of anilines is 1. The van der Waals surface area contributed by atoms with Crippen LogP contribution in [0.4, 0.5) is 5.69 Å². The summed E-state index contributed by atoms with van der Waals surface area (Å²) in [5.74, 6) is 0.0452. The van der Waals surface area contributed by atoms with E-state index in [0.29, 0.717) is 6.42 Å². The average molecular weight is 233 g/mol. The van der Waals surface area contributed by atoms with Crippen LogP contribution in [0.3, 0.4) is 0 Å². The third kappa shape index (κ3) is 3.30. The molecule has 2 rings (SSSR count). The highest BCUT2D eigenvalue weighted by atomic mass is 16.5. The van der Waals surface area contributed by atoms with Crippen LogP contribution in [-0.2, 0) is 9.53 Å². The zero-order valence-electron chi connectivity index (χ0n) is 10.5. The SMILES string of the molecule is Cc1ccc(NC(=O)CC2CCCO2)c(C)c1. The van der Waals surface area contributed by atoms with Crippen LogP contribution < -0.4 is 5.32 Å². The summed E-state index contributed by atoms with van der Waals surface area (Å²) in [5.41, 5.74) is 3.21. The summed E-state index contributed by atoms with van der Waals surface area (Å²) in [6.07, 6.45) is 2.65. The number of hydrogen-bond donors (Lipinski definition) is 1. The maximum atomic E-state index is 11.8. The van der Waals surface area contributed by atoms with Crippen LogP contribution in [0.5, 0.6) is 0 Å². The molecule has 1 aromatic carbocycles. The van der Waals surface area contributed by atoms with E-state index < -0.39 is 0 Å². The van der Waals surface area contributed by atoms with Crippen molar-refractivity contribution in [1.29, 1.82) is 0 Å². The maximum Gasteiger partial charge on any atom is 0.226 e. The Morgan fingerprint density at radius 3 is 2.94 bits per heavy atom. The molecule has 0 aromatic heterocycles. The van der Waals surface area contributed by atoms with Crippen LogP contribution >= 0.6 is 0 Å². The van der Waals surface area contributed by atoms with Crippen molar-refractivity contribution in [2.45, 2.75) is 39.2 Å². The standard InChI is InChI=1S/C14H19NO2/c1-10-5-6-13(11(2)8-10)15-14(16)9-12-4-3-7-17-12/h5-6,8,12H,3-4,7,9H2,1-2H3,(H,15,16). The largest absolute Gasteiger partial charge is 0.378 e. The van der Waals surface area contributed by atoms with Crippen molar-refractivity contribution in [3.63, 3.8) is 0 Å². The molecule has 1 amide bonds. The van der Waals surface area contributed by atoms with Gasteiger partial charge >= 0.3 is 0 Å². The van der Waals surface area contributed by atoms with E-state index in [1.165, 1.54) is 5.56 Å². The Morgan fingerprint density at radius 1 is 1.47 bits per heavy atom. The molecule has 3 nitrogen and oxygen atoms in total. The molecule has 1 atom stereocenters. The third-order valence-electron chi connectivity index (χ3n) is 3.09. The fraction of sp³-hybridized carbons (Fsp3) is 0.500. The zero-order chi connectivity index (χ0) is 12.3. The molecule has 3 heteroatoms. The van der Waals surface area contributed by atoms with E-state index in [2.05, 4.69) is 11.4 Å². The third-order valence-corrected chi connectivity index (χ3v) is 3.09. The van der Waals surface area contributed by atoms with Crippen molar-refractivity contribution in [2.24, 2.45) is 0 Å². The molecule has 1 N–H and O–H groups in total. The van der Waals surface area contributed by atoms with Crippen molar-refractivity contribution in [1.82, 2.24) is 0 Å². The molecule has 0 aliphatic carbocycles. The van der Waals surface area contributed by atoms with Crippen LogP contribution in [0, 0.1) is 13.8 Å². The summed E-state index contributed by atoms with van der Waals surface area (Å²) in [5, 5.41) is 2.95. The van der Waals surface area contributed by atoms with Crippen LogP contribution in [-0.4, -0.2) is 18.6 Å². The topological polar surface area (TPSA) is 38.3 Å². The molecule has 0 bridgehead atoms. The Balaban J connectivity index is 1.93. The number of carbonyl (C=O) groups excluding carboxylic acids is 1. The number of benzene rings is 1. The van der Waals surface area contributed by atoms with Gasteiger partial charge in [0.2, 0.25) is 5.91 Å². The van der Waals surface area contributed by atoms with E-state index in [-0.39, 0.29) is 12.0 Å². The first-order valence-electron chi connectivity index (χ1n) is 6.14. The van der Waals surface area contributed by atoms with Gasteiger partial charge < -0.3 is 10.1 Å². The van der Waals surface area contributed by atoms with Gasteiger partial charge in [-0.05, 0) is 38.3 Å². The molecule has 1 aliphatic heterocycles. The number of rotatable bonds is 3. The molecule has 1 fully saturated rings. The molecule has 1 unspecified atom stereocenters. The van der Waals surface area contributed by atoms with Crippen molar-refractivity contribution >= 4 is 11.6 Å². The minimum atomic E-state index is 0.0452. The van der Waals surface area contributed by atoms with Gasteiger partial charge in [0, 0.05) is 12.3 Å². The van der Waals surface area contributed by atoms with Crippen LogP contribution in [0.25, 0.3) is 0 Å². The van der Waals surface area contributed by atoms with Gasteiger partial charge in [-0.15, -0.1) is 0 Å². The molecule has 0 saturated carbocycles. The summed E-state index contributed by atoms with van der Waals surface area (Å²) < 4.78 is 5.45. The number of amides is 1. The lowest BCUT2D eigenvalue weighted by atomic mass is 10.1. The molecule has 0 radical (unpaired) electrons. The molecule has 0 spiro atoms. The van der Waals surface area contributed by atoms with E-state index in [0.717, 1.165) is 30.7 Å². The van der Waals surface area contributed by atoms with Crippen molar-refractivity contribution in [2.75, 3.05) is 11.9 Å². The van der Waals surface area contributed by atoms with Crippen LogP contribution in [0.15, 0.2) is 18.2 Å². The van der Waals surface area contributed by atoms with Crippen molar-refractivity contribution in [3.8, 4) is 0 Å². The predicted molar refractivity (Wildman–Crippen MR) is 68.1 cm³/mol. The molecule has 1 saturated heterocycles. The highest BCUT2D eigenvalue weighted by Crippen LogP contribution is 2.19. The monoisotopic (exact) mass is 233 g/mol. The van der Waals surface area contributed by atoms with Gasteiger partial charge in [-0.1, -0.05) is 17.7 Å². The molecule has 92 valence electrons. The lowest BCUT2D eigenvalue weighted by Crippen LogP contribution is -2.19. The fourth-order valence-corrected chi connectivity index (χ4v) is 2.17. The van der Waals surface area contributed by atoms with E-state index >= 15 is 0 Å². The summed E-state index contributed by atoms with van der Waals surface area (Å²) in [4.78, 5) is 11.8. The van der Waals surface area contributed by atoms with Gasteiger partial charge in [0.05, 0.1) is 12.5 Å². The van der Waals surface area contributed by atoms with Gasteiger partial charge in [-0.25, -0.2) is 0 Å². The summed E-state index contributed by atoms with van der Waals surface area (Å²) in [6.45, 7) is 4.85. The molecule has 1 aliphatic rings. The highest BCUT2D eigenvalue weighted by Gasteiger charge is 2.19. The first-order valence-corrected chi connectivity index (χ1v) is 6.14. The number of hydrogen-bond acceptors (Lipinski definition) is 2. The Hall–Kier alpha value is -1.35. The summed E-state index contributed by atoms with van der Waals surface area (Å²) in [7, 11) is 0. The Labute approximate surface area is 102 Å². The minimum absolute atomic E-state index is 0.0452. The van der Waals surface area contributed by atoms with Gasteiger partial charge in [-0.3, -0.25) is 4.79 Å². The van der Waals surface area contributed by atoms with Crippen molar-refractivity contribution in [3.05, 3.63) is 29.3 Å². The van der Waals surface area contributed by atoms with Gasteiger partial charge in [0.25, 0.3) is 0 Å². The molecule has 17 heavy (non-hydrogen) atoms. The lowest BCUT2D eigenvalue weighted by molar-refractivity contribution is -0.118. The first kappa shape index (κ1) is 12.1. The Bertz CT molecular complexity index is 409. The smallest absolute Gasteiger partial charge is 0.226 e. The first-order chi connectivity index (χ1) is 8.15. The molecule has 1 heterocycles. The Kier molecular flexibility index (Phi) is 3.79. The minimum Gasteiger partial charge on any atom is -0.378 e. The van der Waals surface area contributed by atoms with Gasteiger partial charge in [-0.2, -0.15) is 0 Å². The number of aryl methyl sites for hydroxylation is 2. The summed E-state index contributed by atoms with van der Waals surface area (Å²) in [6, 6.07) is 6.04. The zero-order valence-corrected chi connectivity index (χ0v) is 10.5. The second-order valence-electron chi connectivity index (χ2n) is 4.71. The van der Waals surface area contributed by atoms with E-state index in [1.807, 2.05) is 26.0 Å². The predicted octanol–water partition coefficient (Wildman–Crippen LogP) is 2.81. The van der Waals surface area contributed by atoms with E-state index in [4.69, 9.17) is 4.74 Å². The maximum absolute atomic E-state index is 11.8. The normalized spacial score (nSPS) is 19.3. The lowest BCUT2D eigenvalue weighted by Gasteiger charge is -2.11. The number of carbonyl (C=O) groups is 1. The fourth-order valence-electron chi connectivity index (χ4n) is 2.17. The Morgan fingerprint density at radius 2 is 2.29 bits per heavy atom. The van der Waals surface area contributed by atoms with Gasteiger partial charge in [0.15, 0.2) is 0 Å².